The van der Waals surface area contributed by atoms with E-state index in [1.165, 1.54) is 0 Å². The summed E-state index contributed by atoms with van der Waals surface area (Å²) in [4.78, 5) is 12.0. The molecule has 102 valence electrons. The largest absolute Gasteiger partial charge is 0.396 e. The van der Waals surface area contributed by atoms with Crippen LogP contribution in [0.1, 0.15) is 46.0 Å². The number of rotatable bonds is 10. The van der Waals surface area contributed by atoms with Crippen LogP contribution >= 0.6 is 0 Å². The third-order valence-electron chi connectivity index (χ3n) is 2.96. The molecule has 0 aromatic carbocycles. The summed E-state index contributed by atoms with van der Waals surface area (Å²) in [6, 6.07) is -0.0758. The molecule has 0 aliphatic heterocycles. The number of unbranched alkanes of at least 4 members (excludes halogenated alkanes) is 1. The highest BCUT2D eigenvalue weighted by Gasteiger charge is 2.19. The van der Waals surface area contributed by atoms with Crippen molar-refractivity contribution < 1.29 is 14.6 Å². The molecule has 0 saturated carbocycles. The third-order valence-corrected chi connectivity index (χ3v) is 2.96. The number of ether oxygens (including phenoxy) is 1. The van der Waals surface area contributed by atoms with E-state index in [1.54, 1.807) is 7.11 Å². The first-order chi connectivity index (χ1) is 8.19. The highest BCUT2D eigenvalue weighted by atomic mass is 16.5. The van der Waals surface area contributed by atoms with E-state index in [0.717, 1.165) is 25.7 Å². The van der Waals surface area contributed by atoms with E-state index in [-0.39, 0.29) is 24.5 Å². The van der Waals surface area contributed by atoms with Gasteiger partial charge >= 0.3 is 0 Å². The molecule has 2 unspecified atom stereocenters. The number of carbonyl (C=O) groups is 1. The van der Waals surface area contributed by atoms with Crippen molar-refractivity contribution in [2.24, 2.45) is 5.92 Å². The minimum atomic E-state index is -0.0758. The molecule has 4 heteroatoms. The number of aliphatic hydroxyl groups excluding tert-OH is 1. The van der Waals surface area contributed by atoms with Crippen LogP contribution in [0.25, 0.3) is 0 Å². The number of aliphatic hydroxyl groups is 1. The second kappa shape index (κ2) is 10.5. The molecule has 0 bridgehead atoms. The van der Waals surface area contributed by atoms with Crippen molar-refractivity contribution in [2.45, 2.75) is 52.0 Å². The maximum Gasteiger partial charge on any atom is 0.223 e. The number of carbonyl (C=O) groups excluding carboxylic acids is 1. The Kier molecular flexibility index (Phi) is 10.2. The molecule has 0 aromatic rings. The van der Waals surface area contributed by atoms with E-state index >= 15 is 0 Å². The second-order valence-corrected chi connectivity index (χ2v) is 4.42. The van der Waals surface area contributed by atoms with E-state index in [2.05, 4.69) is 12.2 Å². The fourth-order valence-electron chi connectivity index (χ4n) is 1.84. The fraction of sp³-hybridized carbons (Fsp3) is 0.923. The molecule has 0 rings (SSSR count). The first-order valence-corrected chi connectivity index (χ1v) is 6.59. The van der Waals surface area contributed by atoms with E-state index in [9.17, 15) is 4.79 Å². The van der Waals surface area contributed by atoms with Crippen molar-refractivity contribution in [3.63, 3.8) is 0 Å². The zero-order valence-corrected chi connectivity index (χ0v) is 11.4. The van der Waals surface area contributed by atoms with Crippen LogP contribution in [0.2, 0.25) is 0 Å². The van der Waals surface area contributed by atoms with Gasteiger partial charge in [0.1, 0.15) is 0 Å². The molecular weight excluding hydrogens is 218 g/mol. The molecule has 0 saturated heterocycles. The third kappa shape index (κ3) is 7.34. The van der Waals surface area contributed by atoms with Crippen LogP contribution in [-0.4, -0.2) is 37.4 Å². The summed E-state index contributed by atoms with van der Waals surface area (Å²) in [5.74, 6) is 0.185. The summed E-state index contributed by atoms with van der Waals surface area (Å²) < 4.78 is 5.03. The molecule has 2 N–H and O–H groups in total. The molecule has 0 aliphatic rings. The number of hydrogen-bond donors (Lipinski definition) is 2. The maximum atomic E-state index is 12.0. The predicted molar refractivity (Wildman–Crippen MR) is 68.8 cm³/mol. The standard InChI is InChI=1S/C13H27NO3/c1-4-6-7-11(5-2)13(16)14-12(8-9-15)10-17-3/h11-12,15H,4-10H2,1-3H3,(H,14,16). The van der Waals surface area contributed by atoms with Gasteiger partial charge in [-0.3, -0.25) is 4.79 Å². The van der Waals surface area contributed by atoms with Crippen LogP contribution in [0.15, 0.2) is 0 Å². The highest BCUT2D eigenvalue weighted by molar-refractivity contribution is 5.78. The Morgan fingerprint density at radius 1 is 1.35 bits per heavy atom. The zero-order chi connectivity index (χ0) is 13.1. The van der Waals surface area contributed by atoms with E-state index in [4.69, 9.17) is 9.84 Å². The van der Waals surface area contributed by atoms with Gasteiger partial charge in [-0.2, -0.15) is 0 Å². The van der Waals surface area contributed by atoms with Crippen molar-refractivity contribution in [1.29, 1.82) is 0 Å². The quantitative estimate of drug-likeness (QED) is 0.616. The van der Waals surface area contributed by atoms with Gasteiger partial charge in [0.2, 0.25) is 5.91 Å². The Bertz CT molecular complexity index is 191. The molecule has 0 radical (unpaired) electrons. The van der Waals surface area contributed by atoms with Crippen molar-refractivity contribution in [1.82, 2.24) is 5.32 Å². The predicted octanol–water partition coefficient (Wildman–Crippen LogP) is 1.72. The van der Waals surface area contributed by atoms with E-state index in [1.807, 2.05) is 6.92 Å². The maximum absolute atomic E-state index is 12.0. The van der Waals surface area contributed by atoms with Crippen molar-refractivity contribution in [2.75, 3.05) is 20.3 Å². The van der Waals surface area contributed by atoms with Crippen LogP contribution < -0.4 is 5.32 Å². The molecule has 4 nitrogen and oxygen atoms in total. The summed E-state index contributed by atoms with van der Waals surface area (Å²) in [5.41, 5.74) is 0. The Labute approximate surface area is 105 Å². The lowest BCUT2D eigenvalue weighted by Crippen LogP contribution is -2.41. The van der Waals surface area contributed by atoms with Gasteiger partial charge in [-0.15, -0.1) is 0 Å². The Hall–Kier alpha value is -0.610. The fourth-order valence-corrected chi connectivity index (χ4v) is 1.84. The van der Waals surface area contributed by atoms with E-state index < -0.39 is 0 Å². The first-order valence-electron chi connectivity index (χ1n) is 6.59. The van der Waals surface area contributed by atoms with Gasteiger partial charge in [-0.05, 0) is 19.3 Å². The van der Waals surface area contributed by atoms with Gasteiger partial charge in [0.05, 0.1) is 12.6 Å². The molecular formula is C13H27NO3. The number of amides is 1. The minimum Gasteiger partial charge on any atom is -0.396 e. The zero-order valence-electron chi connectivity index (χ0n) is 11.4. The minimum absolute atomic E-state index is 0.0695. The average Bonchev–Trinajstić information content (AvgIpc) is 2.30. The number of methoxy groups -OCH3 is 1. The topological polar surface area (TPSA) is 58.6 Å². The van der Waals surface area contributed by atoms with Gasteiger partial charge in [-0.25, -0.2) is 0 Å². The molecule has 0 spiro atoms. The summed E-state index contributed by atoms with van der Waals surface area (Å²) in [7, 11) is 1.60. The Balaban J connectivity index is 4.14. The molecule has 17 heavy (non-hydrogen) atoms. The lowest BCUT2D eigenvalue weighted by Gasteiger charge is -2.21. The Morgan fingerprint density at radius 3 is 2.53 bits per heavy atom. The summed E-state index contributed by atoms with van der Waals surface area (Å²) in [6.45, 7) is 4.69. The van der Waals surface area contributed by atoms with Crippen LogP contribution in [0.4, 0.5) is 0 Å². The van der Waals surface area contributed by atoms with Crippen LogP contribution in [0.3, 0.4) is 0 Å². The molecule has 1 amide bonds. The SMILES string of the molecule is CCCCC(CC)C(=O)NC(CCO)COC. The molecule has 0 heterocycles. The highest BCUT2D eigenvalue weighted by Crippen LogP contribution is 2.13. The molecule has 2 atom stereocenters. The number of hydrogen-bond acceptors (Lipinski definition) is 3. The summed E-state index contributed by atoms with van der Waals surface area (Å²) in [5, 5.41) is 11.9. The second-order valence-electron chi connectivity index (χ2n) is 4.42. The molecule has 0 aliphatic carbocycles. The summed E-state index contributed by atoms with van der Waals surface area (Å²) in [6.07, 6.45) is 4.55. The van der Waals surface area contributed by atoms with Gasteiger partial charge in [-0.1, -0.05) is 26.7 Å². The number of nitrogens with one attached hydrogen (secondary N) is 1. The molecule has 0 aromatic heterocycles. The lowest BCUT2D eigenvalue weighted by atomic mass is 9.98. The lowest BCUT2D eigenvalue weighted by molar-refractivity contribution is -0.126. The summed E-state index contributed by atoms with van der Waals surface area (Å²) >= 11 is 0. The normalized spacial score (nSPS) is 14.4. The van der Waals surface area contributed by atoms with Gasteiger partial charge in [0.25, 0.3) is 0 Å². The van der Waals surface area contributed by atoms with Crippen LogP contribution in [0, 0.1) is 5.92 Å². The monoisotopic (exact) mass is 245 g/mol. The van der Waals surface area contributed by atoms with Crippen LogP contribution in [0.5, 0.6) is 0 Å². The van der Waals surface area contributed by atoms with Gasteiger partial charge in [0.15, 0.2) is 0 Å². The van der Waals surface area contributed by atoms with Gasteiger partial charge in [0, 0.05) is 19.6 Å². The first kappa shape index (κ1) is 16.4. The van der Waals surface area contributed by atoms with Gasteiger partial charge < -0.3 is 15.2 Å². The smallest absolute Gasteiger partial charge is 0.223 e. The van der Waals surface area contributed by atoms with Crippen molar-refractivity contribution >= 4 is 5.91 Å². The van der Waals surface area contributed by atoms with E-state index in [0.29, 0.717) is 13.0 Å². The Morgan fingerprint density at radius 2 is 2.06 bits per heavy atom. The molecule has 0 fully saturated rings. The van der Waals surface area contributed by atoms with Crippen molar-refractivity contribution in [3.05, 3.63) is 0 Å². The van der Waals surface area contributed by atoms with Crippen LogP contribution in [-0.2, 0) is 9.53 Å². The van der Waals surface area contributed by atoms with Crippen molar-refractivity contribution in [3.8, 4) is 0 Å². The average molecular weight is 245 g/mol.